The highest BCUT2D eigenvalue weighted by molar-refractivity contribution is 5.66. The second-order valence-electron chi connectivity index (χ2n) is 5.92. The van der Waals surface area contributed by atoms with E-state index in [0.717, 1.165) is 44.3 Å². The van der Waals surface area contributed by atoms with Crippen LogP contribution in [0.2, 0.25) is 0 Å². The topological polar surface area (TPSA) is 60.8 Å². The fourth-order valence-corrected chi connectivity index (χ4v) is 3.39. The highest BCUT2D eigenvalue weighted by Crippen LogP contribution is 2.34. The zero-order valence-electron chi connectivity index (χ0n) is 12.7. The van der Waals surface area contributed by atoms with E-state index < -0.39 is 5.97 Å². The predicted molar refractivity (Wildman–Crippen MR) is 82.3 cm³/mol. The standard InChI is InChI=1S/C17H25NO3/c1-2-15(14-7-3-4-8-16(14)19)18-11-5-6-13(12-18)9-10-17(20)21/h3-4,7-8,13,15,19H,2,5-6,9-12H2,1H3,(H,20,21). The quantitative estimate of drug-likeness (QED) is 0.843. The van der Waals surface area contributed by atoms with Crippen molar-refractivity contribution in [1.29, 1.82) is 0 Å². The number of phenolic OH excluding ortho intramolecular Hbond substituents is 1. The zero-order valence-corrected chi connectivity index (χ0v) is 12.7. The first-order chi connectivity index (χ1) is 10.1. The van der Waals surface area contributed by atoms with Crippen LogP contribution in [0.3, 0.4) is 0 Å². The monoisotopic (exact) mass is 291 g/mol. The number of rotatable bonds is 6. The number of carboxylic acid groups (broad SMARTS) is 1. The maximum Gasteiger partial charge on any atom is 0.303 e. The Hall–Kier alpha value is -1.55. The maximum absolute atomic E-state index is 10.7. The number of benzene rings is 1. The van der Waals surface area contributed by atoms with Crippen molar-refractivity contribution in [2.24, 2.45) is 5.92 Å². The van der Waals surface area contributed by atoms with Crippen LogP contribution in [0, 0.1) is 5.92 Å². The number of hydrogen-bond acceptors (Lipinski definition) is 3. The van der Waals surface area contributed by atoms with Crippen molar-refractivity contribution in [3.05, 3.63) is 29.8 Å². The van der Waals surface area contributed by atoms with Crippen LogP contribution in [0.4, 0.5) is 0 Å². The van der Waals surface area contributed by atoms with Gasteiger partial charge in [-0.2, -0.15) is 0 Å². The van der Waals surface area contributed by atoms with Crippen molar-refractivity contribution < 1.29 is 15.0 Å². The number of nitrogens with zero attached hydrogens (tertiary/aromatic N) is 1. The Morgan fingerprint density at radius 1 is 1.43 bits per heavy atom. The summed E-state index contributed by atoms with van der Waals surface area (Å²) in [7, 11) is 0. The van der Waals surface area contributed by atoms with Gasteiger partial charge >= 0.3 is 5.97 Å². The fourth-order valence-electron chi connectivity index (χ4n) is 3.39. The van der Waals surface area contributed by atoms with Gasteiger partial charge in [0.2, 0.25) is 0 Å². The summed E-state index contributed by atoms with van der Waals surface area (Å²) in [5, 5.41) is 18.9. The third-order valence-corrected chi connectivity index (χ3v) is 4.44. The number of phenols is 1. The molecule has 1 aliphatic rings. The number of likely N-dealkylation sites (tertiary alicyclic amines) is 1. The molecule has 0 saturated carbocycles. The van der Waals surface area contributed by atoms with E-state index in [1.165, 1.54) is 0 Å². The summed E-state index contributed by atoms with van der Waals surface area (Å²) in [6.45, 7) is 4.09. The molecule has 1 saturated heterocycles. The summed E-state index contributed by atoms with van der Waals surface area (Å²) < 4.78 is 0. The van der Waals surface area contributed by atoms with Crippen LogP contribution < -0.4 is 0 Å². The Bertz CT molecular complexity index is 475. The molecule has 1 aliphatic heterocycles. The molecule has 1 heterocycles. The lowest BCUT2D eigenvalue weighted by molar-refractivity contribution is -0.137. The molecule has 0 aliphatic carbocycles. The van der Waals surface area contributed by atoms with E-state index >= 15 is 0 Å². The van der Waals surface area contributed by atoms with Gasteiger partial charge in [-0.3, -0.25) is 9.69 Å². The van der Waals surface area contributed by atoms with Gasteiger partial charge in [0.25, 0.3) is 0 Å². The Kier molecular flexibility index (Phi) is 5.62. The first-order valence-electron chi connectivity index (χ1n) is 7.85. The first-order valence-corrected chi connectivity index (χ1v) is 7.85. The van der Waals surface area contributed by atoms with E-state index in [2.05, 4.69) is 11.8 Å². The minimum atomic E-state index is -0.708. The number of para-hydroxylation sites is 1. The van der Waals surface area contributed by atoms with Crippen molar-refractivity contribution in [1.82, 2.24) is 4.90 Å². The molecule has 2 unspecified atom stereocenters. The average Bonchev–Trinajstić information content (AvgIpc) is 2.48. The molecule has 0 spiro atoms. The van der Waals surface area contributed by atoms with Crippen LogP contribution in [0.5, 0.6) is 5.75 Å². The Labute approximate surface area is 126 Å². The van der Waals surface area contributed by atoms with E-state index in [0.29, 0.717) is 11.7 Å². The van der Waals surface area contributed by atoms with Crippen molar-refractivity contribution in [2.45, 2.75) is 45.1 Å². The van der Waals surface area contributed by atoms with Gasteiger partial charge in [0.05, 0.1) is 0 Å². The fraction of sp³-hybridized carbons (Fsp3) is 0.588. The van der Waals surface area contributed by atoms with E-state index in [1.807, 2.05) is 18.2 Å². The van der Waals surface area contributed by atoms with Crippen LogP contribution >= 0.6 is 0 Å². The normalized spacial score (nSPS) is 21.1. The number of carbonyl (C=O) groups is 1. The molecular formula is C17H25NO3. The number of hydrogen-bond donors (Lipinski definition) is 2. The molecule has 1 fully saturated rings. The van der Waals surface area contributed by atoms with E-state index in [1.54, 1.807) is 6.07 Å². The maximum atomic E-state index is 10.7. The summed E-state index contributed by atoms with van der Waals surface area (Å²) in [4.78, 5) is 13.1. The lowest BCUT2D eigenvalue weighted by Gasteiger charge is -2.38. The summed E-state index contributed by atoms with van der Waals surface area (Å²) in [6, 6.07) is 7.76. The van der Waals surface area contributed by atoms with Gasteiger partial charge in [0.15, 0.2) is 0 Å². The Morgan fingerprint density at radius 3 is 2.86 bits per heavy atom. The van der Waals surface area contributed by atoms with Crippen molar-refractivity contribution in [3.8, 4) is 5.75 Å². The highest BCUT2D eigenvalue weighted by atomic mass is 16.4. The second kappa shape index (κ2) is 7.46. The number of aliphatic carboxylic acids is 1. The van der Waals surface area contributed by atoms with Crippen molar-refractivity contribution in [2.75, 3.05) is 13.1 Å². The molecule has 2 atom stereocenters. The zero-order chi connectivity index (χ0) is 15.2. The molecule has 0 aromatic heterocycles. The van der Waals surface area contributed by atoms with Gasteiger partial charge in [0, 0.05) is 24.6 Å². The lowest BCUT2D eigenvalue weighted by atomic mass is 9.90. The van der Waals surface area contributed by atoms with Gasteiger partial charge in [0.1, 0.15) is 5.75 Å². The Balaban J connectivity index is 2.04. The van der Waals surface area contributed by atoms with Gasteiger partial charge in [-0.1, -0.05) is 25.1 Å². The van der Waals surface area contributed by atoms with Crippen LogP contribution in [0.25, 0.3) is 0 Å². The third kappa shape index (κ3) is 4.21. The third-order valence-electron chi connectivity index (χ3n) is 4.44. The molecule has 0 radical (unpaired) electrons. The number of piperidine rings is 1. The van der Waals surface area contributed by atoms with E-state index in [-0.39, 0.29) is 12.5 Å². The second-order valence-corrected chi connectivity index (χ2v) is 5.92. The molecule has 116 valence electrons. The molecule has 4 nitrogen and oxygen atoms in total. The molecule has 4 heteroatoms. The van der Waals surface area contributed by atoms with E-state index in [9.17, 15) is 9.90 Å². The minimum Gasteiger partial charge on any atom is -0.508 e. The average molecular weight is 291 g/mol. The van der Waals surface area contributed by atoms with Crippen LogP contribution in [-0.4, -0.2) is 34.2 Å². The van der Waals surface area contributed by atoms with Crippen molar-refractivity contribution in [3.63, 3.8) is 0 Å². The Morgan fingerprint density at radius 2 is 2.19 bits per heavy atom. The molecule has 0 amide bonds. The molecular weight excluding hydrogens is 266 g/mol. The molecule has 1 aromatic rings. The molecule has 21 heavy (non-hydrogen) atoms. The van der Waals surface area contributed by atoms with Gasteiger partial charge in [-0.15, -0.1) is 0 Å². The SMILES string of the molecule is CCC(c1ccccc1O)N1CCCC(CCC(=O)O)C1. The lowest BCUT2D eigenvalue weighted by Crippen LogP contribution is -2.38. The highest BCUT2D eigenvalue weighted by Gasteiger charge is 2.27. The van der Waals surface area contributed by atoms with Crippen LogP contribution in [0.1, 0.15) is 50.6 Å². The smallest absolute Gasteiger partial charge is 0.303 e. The summed E-state index contributed by atoms with van der Waals surface area (Å²) in [5.41, 5.74) is 0.985. The molecule has 1 aromatic carbocycles. The van der Waals surface area contributed by atoms with Crippen LogP contribution in [-0.2, 0) is 4.79 Å². The summed E-state index contributed by atoms with van der Waals surface area (Å²) in [5.74, 6) is 0.103. The van der Waals surface area contributed by atoms with E-state index in [4.69, 9.17) is 5.11 Å². The van der Waals surface area contributed by atoms with Crippen LogP contribution in [0.15, 0.2) is 24.3 Å². The number of carboxylic acids is 1. The molecule has 2 N–H and O–H groups in total. The van der Waals surface area contributed by atoms with Gasteiger partial charge in [-0.05, 0) is 44.2 Å². The summed E-state index contributed by atoms with van der Waals surface area (Å²) in [6.07, 6.45) is 4.17. The largest absolute Gasteiger partial charge is 0.508 e. The predicted octanol–water partition coefficient (Wildman–Crippen LogP) is 3.42. The first kappa shape index (κ1) is 15.8. The van der Waals surface area contributed by atoms with Gasteiger partial charge < -0.3 is 10.2 Å². The number of aromatic hydroxyl groups is 1. The van der Waals surface area contributed by atoms with Gasteiger partial charge in [-0.25, -0.2) is 0 Å². The molecule has 2 rings (SSSR count). The minimum absolute atomic E-state index is 0.221. The summed E-state index contributed by atoms with van der Waals surface area (Å²) >= 11 is 0. The van der Waals surface area contributed by atoms with Crippen molar-refractivity contribution >= 4 is 5.97 Å². The molecule has 0 bridgehead atoms.